The number of aromatic nitrogens is 1. The third kappa shape index (κ3) is 3.79. The van der Waals surface area contributed by atoms with Crippen molar-refractivity contribution in [2.75, 3.05) is 12.3 Å². The van der Waals surface area contributed by atoms with Crippen LogP contribution >= 0.6 is 11.6 Å². The van der Waals surface area contributed by atoms with Crippen LogP contribution in [-0.2, 0) is 6.61 Å². The van der Waals surface area contributed by atoms with E-state index in [1.54, 1.807) is 12.1 Å². The summed E-state index contributed by atoms with van der Waals surface area (Å²) in [7, 11) is 0. The number of hydrogen-bond donors (Lipinski definition) is 1. The van der Waals surface area contributed by atoms with Gasteiger partial charge in [-0.2, -0.15) is 4.98 Å². The van der Waals surface area contributed by atoms with E-state index in [9.17, 15) is 0 Å². The van der Waals surface area contributed by atoms with Gasteiger partial charge in [-0.05, 0) is 30.9 Å². The molecule has 4 nitrogen and oxygen atoms in total. The van der Waals surface area contributed by atoms with Crippen LogP contribution in [0.15, 0.2) is 36.4 Å². The van der Waals surface area contributed by atoms with E-state index in [1.165, 1.54) is 12.8 Å². The van der Waals surface area contributed by atoms with Gasteiger partial charge in [0, 0.05) is 16.7 Å². The van der Waals surface area contributed by atoms with Gasteiger partial charge in [0.2, 0.25) is 11.8 Å². The summed E-state index contributed by atoms with van der Waals surface area (Å²) in [5.41, 5.74) is 7.31. The molecule has 1 aliphatic rings. The van der Waals surface area contributed by atoms with Crippen molar-refractivity contribution in [3.8, 4) is 11.8 Å². The SMILES string of the molecule is Nc1ccc(OCc2ccccc2Cl)nc1OCC1CC1. The van der Waals surface area contributed by atoms with E-state index in [0.29, 0.717) is 41.6 Å². The number of ether oxygens (including phenoxy) is 2. The molecule has 110 valence electrons. The molecular formula is C16H17ClN2O2. The molecular weight excluding hydrogens is 288 g/mol. The molecule has 0 unspecified atom stereocenters. The van der Waals surface area contributed by atoms with Gasteiger partial charge in [0.15, 0.2) is 0 Å². The van der Waals surface area contributed by atoms with Crippen LogP contribution in [0.1, 0.15) is 18.4 Å². The van der Waals surface area contributed by atoms with Crippen LogP contribution in [0.5, 0.6) is 11.8 Å². The summed E-state index contributed by atoms with van der Waals surface area (Å²) in [6.45, 7) is 1.03. The lowest BCUT2D eigenvalue weighted by molar-refractivity contribution is 0.267. The average Bonchev–Trinajstić information content (AvgIpc) is 3.31. The summed E-state index contributed by atoms with van der Waals surface area (Å²) in [4.78, 5) is 4.30. The Kier molecular flexibility index (Phi) is 4.15. The molecule has 1 fully saturated rings. The molecule has 1 aromatic carbocycles. The van der Waals surface area contributed by atoms with E-state index in [0.717, 1.165) is 5.56 Å². The standard InChI is InChI=1S/C16H17ClN2O2/c17-13-4-2-1-3-12(13)10-20-15-8-7-14(18)16(19-15)21-9-11-5-6-11/h1-4,7-8,11H,5-6,9-10,18H2. The Bertz CT molecular complexity index is 629. The quantitative estimate of drug-likeness (QED) is 0.884. The molecule has 1 saturated carbocycles. The number of benzene rings is 1. The normalized spacial score (nSPS) is 14.0. The van der Waals surface area contributed by atoms with E-state index in [4.69, 9.17) is 26.8 Å². The molecule has 5 heteroatoms. The van der Waals surface area contributed by atoms with Crippen molar-refractivity contribution in [1.29, 1.82) is 0 Å². The molecule has 0 radical (unpaired) electrons. The second kappa shape index (κ2) is 6.22. The first-order valence-corrected chi connectivity index (χ1v) is 7.35. The highest BCUT2D eigenvalue weighted by molar-refractivity contribution is 6.31. The molecule has 3 rings (SSSR count). The number of nitrogens with two attached hydrogens (primary N) is 1. The fourth-order valence-corrected chi connectivity index (χ4v) is 2.07. The summed E-state index contributed by atoms with van der Waals surface area (Å²) in [6.07, 6.45) is 2.45. The van der Waals surface area contributed by atoms with E-state index < -0.39 is 0 Å². The van der Waals surface area contributed by atoms with E-state index in [1.807, 2.05) is 24.3 Å². The topological polar surface area (TPSA) is 57.4 Å². The van der Waals surface area contributed by atoms with Crippen molar-refractivity contribution >= 4 is 17.3 Å². The van der Waals surface area contributed by atoms with Gasteiger partial charge in [0.1, 0.15) is 6.61 Å². The van der Waals surface area contributed by atoms with Crippen LogP contribution in [0.25, 0.3) is 0 Å². The third-order valence-electron chi connectivity index (χ3n) is 3.35. The highest BCUT2D eigenvalue weighted by Gasteiger charge is 2.22. The van der Waals surface area contributed by atoms with Crippen molar-refractivity contribution in [3.63, 3.8) is 0 Å². The van der Waals surface area contributed by atoms with Gasteiger partial charge in [-0.25, -0.2) is 0 Å². The highest BCUT2D eigenvalue weighted by Crippen LogP contribution is 2.31. The van der Waals surface area contributed by atoms with Crippen molar-refractivity contribution in [3.05, 3.63) is 47.0 Å². The Morgan fingerprint density at radius 2 is 1.95 bits per heavy atom. The Morgan fingerprint density at radius 3 is 2.71 bits per heavy atom. The zero-order valence-corrected chi connectivity index (χ0v) is 12.3. The van der Waals surface area contributed by atoms with Crippen LogP contribution < -0.4 is 15.2 Å². The lowest BCUT2D eigenvalue weighted by atomic mass is 10.2. The molecule has 0 saturated heterocycles. The van der Waals surface area contributed by atoms with E-state index >= 15 is 0 Å². The van der Waals surface area contributed by atoms with Gasteiger partial charge in [-0.15, -0.1) is 0 Å². The van der Waals surface area contributed by atoms with Crippen LogP contribution in [-0.4, -0.2) is 11.6 Å². The maximum Gasteiger partial charge on any atom is 0.240 e. The number of rotatable bonds is 6. The first-order chi connectivity index (χ1) is 10.2. The van der Waals surface area contributed by atoms with Crippen LogP contribution in [0, 0.1) is 5.92 Å². The smallest absolute Gasteiger partial charge is 0.240 e. The lowest BCUT2D eigenvalue weighted by Crippen LogP contribution is -2.05. The Balaban J connectivity index is 1.64. The summed E-state index contributed by atoms with van der Waals surface area (Å²) < 4.78 is 11.3. The molecule has 1 aromatic heterocycles. The van der Waals surface area contributed by atoms with E-state index in [2.05, 4.69) is 4.98 Å². The predicted octanol–water partition coefficient (Wildman–Crippen LogP) is 3.69. The maximum absolute atomic E-state index is 6.09. The molecule has 0 bridgehead atoms. The molecule has 2 N–H and O–H groups in total. The monoisotopic (exact) mass is 304 g/mol. The van der Waals surface area contributed by atoms with Crippen LogP contribution in [0.3, 0.4) is 0 Å². The van der Waals surface area contributed by atoms with Gasteiger partial charge >= 0.3 is 0 Å². The van der Waals surface area contributed by atoms with Gasteiger partial charge in [0.05, 0.1) is 12.3 Å². The second-order valence-corrected chi connectivity index (χ2v) is 5.59. The number of halogens is 1. The second-order valence-electron chi connectivity index (χ2n) is 5.18. The molecule has 21 heavy (non-hydrogen) atoms. The zero-order valence-electron chi connectivity index (χ0n) is 11.6. The van der Waals surface area contributed by atoms with Gasteiger partial charge < -0.3 is 15.2 Å². The fourth-order valence-electron chi connectivity index (χ4n) is 1.88. The molecule has 0 spiro atoms. The molecule has 0 atom stereocenters. The molecule has 0 aliphatic heterocycles. The zero-order chi connectivity index (χ0) is 14.7. The van der Waals surface area contributed by atoms with Gasteiger partial charge in [0.25, 0.3) is 0 Å². The number of anilines is 1. The highest BCUT2D eigenvalue weighted by atomic mass is 35.5. The van der Waals surface area contributed by atoms with Gasteiger partial charge in [-0.1, -0.05) is 29.8 Å². The molecule has 2 aromatic rings. The first-order valence-electron chi connectivity index (χ1n) is 6.98. The summed E-state index contributed by atoms with van der Waals surface area (Å²) in [5, 5.41) is 0.679. The number of nitrogens with zero attached hydrogens (tertiary/aromatic N) is 1. The Morgan fingerprint density at radius 1 is 1.14 bits per heavy atom. The summed E-state index contributed by atoms with van der Waals surface area (Å²) >= 11 is 6.09. The van der Waals surface area contributed by atoms with Crippen LogP contribution in [0.4, 0.5) is 5.69 Å². The maximum atomic E-state index is 6.09. The largest absolute Gasteiger partial charge is 0.476 e. The van der Waals surface area contributed by atoms with Crippen molar-refractivity contribution < 1.29 is 9.47 Å². The number of hydrogen-bond acceptors (Lipinski definition) is 4. The first kappa shape index (κ1) is 14.0. The van der Waals surface area contributed by atoms with Crippen molar-refractivity contribution in [2.45, 2.75) is 19.4 Å². The number of pyridine rings is 1. The Hall–Kier alpha value is -1.94. The van der Waals surface area contributed by atoms with Gasteiger partial charge in [-0.3, -0.25) is 0 Å². The predicted molar refractivity (Wildman–Crippen MR) is 82.7 cm³/mol. The molecule has 0 amide bonds. The molecule has 1 aliphatic carbocycles. The van der Waals surface area contributed by atoms with Crippen LogP contribution in [0.2, 0.25) is 5.02 Å². The summed E-state index contributed by atoms with van der Waals surface area (Å²) in [5.74, 6) is 1.58. The minimum atomic E-state index is 0.360. The van der Waals surface area contributed by atoms with Crippen molar-refractivity contribution in [2.24, 2.45) is 5.92 Å². The fraction of sp³-hybridized carbons (Fsp3) is 0.312. The lowest BCUT2D eigenvalue weighted by Gasteiger charge is -2.10. The molecule has 1 heterocycles. The average molecular weight is 305 g/mol. The van der Waals surface area contributed by atoms with Crippen molar-refractivity contribution in [1.82, 2.24) is 4.98 Å². The Labute approximate surface area is 128 Å². The van der Waals surface area contributed by atoms with E-state index in [-0.39, 0.29) is 0 Å². The summed E-state index contributed by atoms with van der Waals surface area (Å²) in [6, 6.07) is 11.0. The minimum Gasteiger partial charge on any atom is -0.476 e. The minimum absolute atomic E-state index is 0.360. The number of nitrogen functional groups attached to an aromatic ring is 1. The third-order valence-corrected chi connectivity index (χ3v) is 3.72.